The molecule has 1 unspecified atom stereocenters. The first-order valence-corrected chi connectivity index (χ1v) is 6.93. The molecule has 0 saturated carbocycles. The third-order valence-electron chi connectivity index (χ3n) is 3.71. The lowest BCUT2D eigenvalue weighted by atomic mass is 9.90. The molecule has 0 saturated heterocycles. The number of nitrogens with one attached hydrogen (secondary N) is 1. The first-order valence-electron chi connectivity index (χ1n) is 6.93. The van der Waals surface area contributed by atoms with Crippen LogP contribution in [0.25, 0.3) is 10.8 Å². The van der Waals surface area contributed by atoms with Crippen molar-refractivity contribution in [2.24, 2.45) is 0 Å². The molecule has 0 bridgehead atoms. The van der Waals surface area contributed by atoms with Gasteiger partial charge in [0.2, 0.25) is 0 Å². The number of hydrogen-bond donors (Lipinski definition) is 1. The number of methoxy groups -OCH3 is 2. The molecule has 4 nitrogen and oxygen atoms in total. The molecule has 2 rings (SSSR count). The van der Waals surface area contributed by atoms with Crippen molar-refractivity contribution in [1.82, 2.24) is 5.32 Å². The number of hydrogen-bond acceptors (Lipinski definition) is 4. The zero-order valence-electron chi connectivity index (χ0n) is 12.7. The molecule has 112 valence electrons. The molecule has 2 aromatic rings. The predicted molar refractivity (Wildman–Crippen MR) is 83.2 cm³/mol. The third kappa shape index (κ3) is 3.23. The maximum absolute atomic E-state index is 12.2. The van der Waals surface area contributed by atoms with E-state index >= 15 is 0 Å². The number of esters is 1. The Kier molecular flexibility index (Phi) is 4.94. The second-order valence-corrected chi connectivity index (χ2v) is 5.10. The van der Waals surface area contributed by atoms with Gasteiger partial charge in [-0.05, 0) is 29.3 Å². The molecule has 0 spiro atoms. The molecule has 0 aliphatic rings. The van der Waals surface area contributed by atoms with Crippen molar-refractivity contribution in [3.05, 3.63) is 48.0 Å². The Morgan fingerprint density at radius 3 is 2.52 bits per heavy atom. The van der Waals surface area contributed by atoms with Crippen molar-refractivity contribution >= 4 is 16.7 Å². The van der Waals surface area contributed by atoms with Gasteiger partial charge in [0.05, 0.1) is 13.7 Å². The second kappa shape index (κ2) is 6.70. The summed E-state index contributed by atoms with van der Waals surface area (Å²) in [5, 5.41) is 5.47. The Bertz CT molecular complexity index is 626. The summed E-state index contributed by atoms with van der Waals surface area (Å²) in [5.41, 5.74) is -0.0127. The summed E-state index contributed by atoms with van der Waals surface area (Å²) < 4.78 is 10.0. The lowest BCUT2D eigenvalue weighted by Gasteiger charge is -2.28. The van der Waals surface area contributed by atoms with E-state index in [1.807, 2.05) is 49.4 Å². The molecule has 0 aromatic heterocycles. The van der Waals surface area contributed by atoms with Crippen LogP contribution in [-0.4, -0.2) is 33.3 Å². The highest BCUT2D eigenvalue weighted by Gasteiger charge is 2.35. The number of ether oxygens (including phenoxy) is 2. The summed E-state index contributed by atoms with van der Waals surface area (Å²) >= 11 is 0. The van der Waals surface area contributed by atoms with E-state index in [1.54, 1.807) is 7.11 Å². The maximum Gasteiger partial charge on any atom is 0.330 e. The molecule has 0 aliphatic carbocycles. The fourth-order valence-electron chi connectivity index (χ4n) is 2.40. The Morgan fingerprint density at radius 1 is 1.14 bits per heavy atom. The summed E-state index contributed by atoms with van der Waals surface area (Å²) in [6.45, 7) is 2.92. The van der Waals surface area contributed by atoms with Crippen LogP contribution in [0.5, 0.6) is 0 Å². The van der Waals surface area contributed by atoms with Gasteiger partial charge < -0.3 is 9.47 Å². The maximum atomic E-state index is 12.2. The van der Waals surface area contributed by atoms with Crippen LogP contribution in [0, 0.1) is 0 Å². The van der Waals surface area contributed by atoms with Crippen molar-refractivity contribution in [3.8, 4) is 0 Å². The molecule has 0 fully saturated rings. The molecule has 0 aliphatic heterocycles. The minimum Gasteiger partial charge on any atom is -0.467 e. The number of fused-ring (bicyclic) bond motifs is 1. The van der Waals surface area contributed by atoms with Gasteiger partial charge in [-0.1, -0.05) is 36.4 Å². The largest absolute Gasteiger partial charge is 0.467 e. The van der Waals surface area contributed by atoms with Gasteiger partial charge in [0, 0.05) is 13.7 Å². The molecule has 4 heteroatoms. The van der Waals surface area contributed by atoms with Crippen LogP contribution < -0.4 is 5.32 Å². The number of benzene rings is 2. The average molecular weight is 287 g/mol. The summed E-state index contributed by atoms with van der Waals surface area (Å²) in [6.07, 6.45) is 0. The van der Waals surface area contributed by atoms with Gasteiger partial charge in [0.1, 0.15) is 5.54 Å². The number of carbonyl (C=O) groups is 1. The van der Waals surface area contributed by atoms with Gasteiger partial charge >= 0.3 is 5.97 Å². The summed E-state index contributed by atoms with van der Waals surface area (Å²) in [7, 11) is 3.03. The van der Waals surface area contributed by atoms with Gasteiger partial charge in [0.15, 0.2) is 0 Å². The molecule has 1 atom stereocenters. The lowest BCUT2D eigenvalue weighted by Crippen LogP contribution is -2.48. The molecular weight excluding hydrogens is 266 g/mol. The predicted octanol–water partition coefficient (Wildman–Crippen LogP) is 2.46. The van der Waals surface area contributed by atoms with Crippen LogP contribution in [0.3, 0.4) is 0 Å². The second-order valence-electron chi connectivity index (χ2n) is 5.10. The molecule has 0 heterocycles. The van der Waals surface area contributed by atoms with Gasteiger partial charge in [-0.15, -0.1) is 0 Å². The minimum atomic E-state index is -0.892. The molecule has 0 radical (unpaired) electrons. The van der Waals surface area contributed by atoms with Gasteiger partial charge in [-0.2, -0.15) is 0 Å². The SMILES string of the molecule is COCCNC(C)(C(=O)OC)c1ccc2ccccc2c1. The fraction of sp³-hybridized carbons (Fsp3) is 0.353. The van der Waals surface area contributed by atoms with Crippen molar-refractivity contribution in [2.45, 2.75) is 12.5 Å². The van der Waals surface area contributed by atoms with Gasteiger partial charge in [-0.3, -0.25) is 5.32 Å². The standard InChI is InChI=1S/C17H21NO3/c1-17(16(19)21-3,18-10-11-20-2)15-9-8-13-6-4-5-7-14(13)12-15/h4-9,12,18H,10-11H2,1-3H3. The molecule has 1 N–H and O–H groups in total. The van der Waals surface area contributed by atoms with Crippen molar-refractivity contribution in [3.63, 3.8) is 0 Å². The summed E-state index contributed by atoms with van der Waals surface area (Å²) in [5.74, 6) is -0.311. The first-order chi connectivity index (χ1) is 10.1. The molecule has 0 amide bonds. The van der Waals surface area contributed by atoms with Crippen molar-refractivity contribution in [1.29, 1.82) is 0 Å². The number of rotatable bonds is 6. The molecule has 21 heavy (non-hydrogen) atoms. The number of carbonyl (C=O) groups excluding carboxylic acids is 1. The Balaban J connectivity index is 2.39. The van der Waals surface area contributed by atoms with E-state index in [2.05, 4.69) is 5.32 Å². The van der Waals surface area contributed by atoms with E-state index in [9.17, 15) is 4.79 Å². The normalized spacial score (nSPS) is 13.9. The van der Waals surface area contributed by atoms with E-state index in [4.69, 9.17) is 9.47 Å². The van der Waals surface area contributed by atoms with E-state index in [0.717, 1.165) is 16.3 Å². The van der Waals surface area contributed by atoms with Crippen molar-refractivity contribution < 1.29 is 14.3 Å². The molecular formula is C17H21NO3. The fourth-order valence-corrected chi connectivity index (χ4v) is 2.40. The molecule has 2 aromatic carbocycles. The quantitative estimate of drug-likeness (QED) is 0.655. The van der Waals surface area contributed by atoms with Gasteiger partial charge in [-0.25, -0.2) is 4.79 Å². The zero-order valence-corrected chi connectivity index (χ0v) is 12.7. The van der Waals surface area contributed by atoms with Crippen LogP contribution in [0.2, 0.25) is 0 Å². The summed E-state index contributed by atoms with van der Waals surface area (Å²) in [4.78, 5) is 12.2. The first kappa shape index (κ1) is 15.5. The van der Waals surface area contributed by atoms with Crippen LogP contribution >= 0.6 is 0 Å². The van der Waals surface area contributed by atoms with E-state index in [-0.39, 0.29) is 5.97 Å². The van der Waals surface area contributed by atoms with Crippen LogP contribution in [0.15, 0.2) is 42.5 Å². The van der Waals surface area contributed by atoms with Crippen LogP contribution in [0.4, 0.5) is 0 Å². The van der Waals surface area contributed by atoms with E-state index < -0.39 is 5.54 Å². The minimum absolute atomic E-state index is 0.311. The third-order valence-corrected chi connectivity index (χ3v) is 3.71. The zero-order chi connectivity index (χ0) is 15.3. The highest BCUT2D eigenvalue weighted by Crippen LogP contribution is 2.26. The van der Waals surface area contributed by atoms with Crippen LogP contribution in [0.1, 0.15) is 12.5 Å². The van der Waals surface area contributed by atoms with Crippen LogP contribution in [-0.2, 0) is 19.8 Å². The topological polar surface area (TPSA) is 47.6 Å². The summed E-state index contributed by atoms with van der Waals surface area (Å²) in [6, 6.07) is 14.1. The Hall–Kier alpha value is -1.91. The van der Waals surface area contributed by atoms with E-state index in [1.165, 1.54) is 7.11 Å². The smallest absolute Gasteiger partial charge is 0.330 e. The average Bonchev–Trinajstić information content (AvgIpc) is 2.53. The highest BCUT2D eigenvalue weighted by atomic mass is 16.5. The van der Waals surface area contributed by atoms with Crippen molar-refractivity contribution in [2.75, 3.05) is 27.4 Å². The Morgan fingerprint density at radius 2 is 1.86 bits per heavy atom. The highest BCUT2D eigenvalue weighted by molar-refractivity contribution is 5.87. The van der Waals surface area contributed by atoms with E-state index in [0.29, 0.717) is 13.2 Å². The van der Waals surface area contributed by atoms with Gasteiger partial charge in [0.25, 0.3) is 0 Å². The lowest BCUT2D eigenvalue weighted by molar-refractivity contribution is -0.148. The monoisotopic (exact) mass is 287 g/mol. The Labute approximate surface area is 125 Å².